The van der Waals surface area contributed by atoms with E-state index in [2.05, 4.69) is 10.3 Å². The van der Waals surface area contributed by atoms with E-state index < -0.39 is 11.4 Å². The number of para-hydroxylation sites is 1. The third kappa shape index (κ3) is 3.03. The van der Waals surface area contributed by atoms with Gasteiger partial charge in [-0.05, 0) is 30.3 Å². The van der Waals surface area contributed by atoms with E-state index in [9.17, 15) is 9.59 Å². The predicted molar refractivity (Wildman–Crippen MR) is 89.0 cm³/mol. The van der Waals surface area contributed by atoms with Crippen molar-refractivity contribution >= 4 is 22.9 Å². The van der Waals surface area contributed by atoms with E-state index in [0.717, 1.165) is 0 Å². The number of carbonyl (C=O) groups is 2. The molecule has 0 saturated carbocycles. The van der Waals surface area contributed by atoms with Gasteiger partial charge < -0.3 is 4.74 Å². The lowest BCUT2D eigenvalue weighted by Crippen LogP contribution is -2.27. The van der Waals surface area contributed by atoms with Crippen LogP contribution in [0.1, 0.15) is 35.9 Å². The minimum absolute atomic E-state index is 0.162. The van der Waals surface area contributed by atoms with E-state index in [1.54, 1.807) is 42.5 Å². The van der Waals surface area contributed by atoms with Gasteiger partial charge in [-0.3, -0.25) is 4.79 Å². The van der Waals surface area contributed by atoms with Crippen molar-refractivity contribution in [2.75, 3.05) is 0 Å². The Morgan fingerprint density at radius 1 is 1.04 bits per heavy atom. The molecule has 0 unspecified atom stereocenters. The van der Waals surface area contributed by atoms with Crippen molar-refractivity contribution in [1.82, 2.24) is 15.0 Å². The third-order valence-corrected chi connectivity index (χ3v) is 3.47. The first kappa shape index (κ1) is 15.9. The van der Waals surface area contributed by atoms with Crippen LogP contribution in [0, 0.1) is 5.41 Å². The number of hydrogen-bond acceptors (Lipinski definition) is 5. The Hall–Kier alpha value is -3.02. The van der Waals surface area contributed by atoms with E-state index in [-0.39, 0.29) is 5.91 Å². The van der Waals surface area contributed by atoms with Crippen molar-refractivity contribution in [3.63, 3.8) is 0 Å². The number of aromatic nitrogens is 3. The number of rotatable bonds is 2. The van der Waals surface area contributed by atoms with Gasteiger partial charge in [-0.2, -0.15) is 4.68 Å². The van der Waals surface area contributed by atoms with Gasteiger partial charge in [0.1, 0.15) is 11.3 Å². The summed E-state index contributed by atoms with van der Waals surface area (Å²) in [6.07, 6.45) is 0. The van der Waals surface area contributed by atoms with Gasteiger partial charge in [0, 0.05) is 5.41 Å². The van der Waals surface area contributed by atoms with Crippen molar-refractivity contribution in [3.05, 3.63) is 54.1 Å². The first-order chi connectivity index (χ1) is 11.4. The van der Waals surface area contributed by atoms with Gasteiger partial charge in [-0.15, -0.1) is 5.10 Å². The van der Waals surface area contributed by atoms with E-state index >= 15 is 0 Å². The summed E-state index contributed by atoms with van der Waals surface area (Å²) in [5, 5.41) is 7.90. The average molecular weight is 323 g/mol. The van der Waals surface area contributed by atoms with Crippen molar-refractivity contribution in [3.8, 4) is 5.75 Å². The van der Waals surface area contributed by atoms with E-state index in [1.165, 1.54) is 4.68 Å². The minimum atomic E-state index is -0.578. The molecule has 122 valence electrons. The minimum Gasteiger partial charge on any atom is -0.423 e. The lowest BCUT2D eigenvalue weighted by Gasteiger charge is -2.15. The Kier molecular flexibility index (Phi) is 3.89. The van der Waals surface area contributed by atoms with Crippen LogP contribution in [0.2, 0.25) is 0 Å². The summed E-state index contributed by atoms with van der Waals surface area (Å²) in [5.41, 5.74) is 0.800. The Bertz CT molecular complexity index is 908. The van der Waals surface area contributed by atoms with E-state index in [4.69, 9.17) is 4.74 Å². The zero-order valence-corrected chi connectivity index (χ0v) is 13.7. The Morgan fingerprint density at radius 2 is 1.75 bits per heavy atom. The molecule has 3 aromatic rings. The van der Waals surface area contributed by atoms with Gasteiger partial charge in [0.25, 0.3) is 5.91 Å². The van der Waals surface area contributed by atoms with Crippen LogP contribution in [0.25, 0.3) is 11.0 Å². The third-order valence-electron chi connectivity index (χ3n) is 3.47. The highest BCUT2D eigenvalue weighted by molar-refractivity contribution is 5.97. The number of carbonyl (C=O) groups excluding carboxylic acids is 2. The molecule has 1 aromatic heterocycles. The topological polar surface area (TPSA) is 74.1 Å². The average Bonchev–Trinajstić information content (AvgIpc) is 2.97. The molecule has 1 heterocycles. The van der Waals surface area contributed by atoms with Crippen molar-refractivity contribution in [2.24, 2.45) is 5.41 Å². The second-order valence-corrected chi connectivity index (χ2v) is 6.46. The molecule has 0 bridgehead atoms. The Balaban J connectivity index is 1.90. The second-order valence-electron chi connectivity index (χ2n) is 6.46. The van der Waals surface area contributed by atoms with Gasteiger partial charge in [0.05, 0.1) is 11.1 Å². The molecule has 2 aromatic carbocycles. The zero-order chi connectivity index (χ0) is 17.3. The van der Waals surface area contributed by atoms with Gasteiger partial charge in [-0.25, -0.2) is 4.79 Å². The molecule has 0 saturated heterocycles. The molecule has 24 heavy (non-hydrogen) atoms. The van der Waals surface area contributed by atoms with Gasteiger partial charge in [0.2, 0.25) is 0 Å². The van der Waals surface area contributed by atoms with Crippen LogP contribution in [-0.4, -0.2) is 26.9 Å². The maximum atomic E-state index is 12.4. The molecule has 0 fully saturated rings. The summed E-state index contributed by atoms with van der Waals surface area (Å²) in [4.78, 5) is 24.6. The second kappa shape index (κ2) is 5.88. The highest BCUT2D eigenvalue weighted by Crippen LogP contribution is 2.21. The molecule has 0 atom stereocenters. The summed E-state index contributed by atoms with van der Waals surface area (Å²) in [5.74, 6) is -0.182. The maximum absolute atomic E-state index is 12.4. The van der Waals surface area contributed by atoms with Crippen LogP contribution < -0.4 is 4.74 Å². The van der Waals surface area contributed by atoms with Gasteiger partial charge in [0.15, 0.2) is 0 Å². The predicted octanol–water partition coefficient (Wildman–Crippen LogP) is 3.34. The van der Waals surface area contributed by atoms with Crippen LogP contribution >= 0.6 is 0 Å². The number of ether oxygens (including phenoxy) is 1. The lowest BCUT2D eigenvalue weighted by molar-refractivity contribution is 0.0732. The van der Waals surface area contributed by atoms with Crippen molar-refractivity contribution in [1.29, 1.82) is 0 Å². The standard InChI is InChI=1S/C18H17N3O3/c1-18(2,3)17(23)21-15-10-9-12(11-14(15)19-20-21)16(22)24-13-7-5-4-6-8-13/h4-11H,1-3H3. The number of benzene rings is 2. The highest BCUT2D eigenvalue weighted by atomic mass is 16.5. The first-order valence-corrected chi connectivity index (χ1v) is 7.54. The number of esters is 1. The Labute approximate surface area is 139 Å². The van der Waals surface area contributed by atoms with E-state index in [1.807, 2.05) is 26.8 Å². The van der Waals surface area contributed by atoms with Crippen LogP contribution in [0.4, 0.5) is 0 Å². The molecule has 3 rings (SSSR count). The fourth-order valence-electron chi connectivity index (χ4n) is 2.17. The van der Waals surface area contributed by atoms with Crippen molar-refractivity contribution < 1.29 is 14.3 Å². The van der Waals surface area contributed by atoms with Crippen LogP contribution in [-0.2, 0) is 0 Å². The largest absolute Gasteiger partial charge is 0.423 e. The molecule has 6 heteroatoms. The summed E-state index contributed by atoms with van der Waals surface area (Å²) in [6, 6.07) is 13.6. The van der Waals surface area contributed by atoms with Crippen LogP contribution in [0.3, 0.4) is 0 Å². The molecule has 0 radical (unpaired) electrons. The molecular formula is C18H17N3O3. The highest BCUT2D eigenvalue weighted by Gasteiger charge is 2.26. The maximum Gasteiger partial charge on any atom is 0.343 e. The fraction of sp³-hybridized carbons (Fsp3) is 0.222. The Morgan fingerprint density at radius 3 is 2.42 bits per heavy atom. The zero-order valence-electron chi connectivity index (χ0n) is 13.7. The number of nitrogens with zero attached hydrogens (tertiary/aromatic N) is 3. The van der Waals surface area contributed by atoms with E-state index in [0.29, 0.717) is 22.3 Å². The molecule has 6 nitrogen and oxygen atoms in total. The quantitative estimate of drug-likeness (QED) is 0.534. The number of hydrogen-bond donors (Lipinski definition) is 0. The summed E-state index contributed by atoms with van der Waals surface area (Å²) in [6.45, 7) is 5.44. The molecule has 0 aliphatic carbocycles. The van der Waals surface area contributed by atoms with Crippen LogP contribution in [0.5, 0.6) is 5.75 Å². The monoisotopic (exact) mass is 323 g/mol. The van der Waals surface area contributed by atoms with Gasteiger partial charge in [-0.1, -0.05) is 44.2 Å². The number of fused-ring (bicyclic) bond motifs is 1. The summed E-state index contributed by atoms with van der Waals surface area (Å²) >= 11 is 0. The first-order valence-electron chi connectivity index (χ1n) is 7.54. The summed E-state index contributed by atoms with van der Waals surface area (Å²) in [7, 11) is 0. The molecular weight excluding hydrogens is 306 g/mol. The smallest absolute Gasteiger partial charge is 0.343 e. The molecule has 0 amide bonds. The molecule has 0 aliphatic rings. The lowest BCUT2D eigenvalue weighted by atomic mass is 9.96. The molecule has 0 N–H and O–H groups in total. The normalized spacial score (nSPS) is 11.5. The molecule has 0 aliphatic heterocycles. The fourth-order valence-corrected chi connectivity index (χ4v) is 2.17. The summed E-state index contributed by atoms with van der Waals surface area (Å²) < 4.78 is 6.56. The van der Waals surface area contributed by atoms with Gasteiger partial charge >= 0.3 is 5.97 Å². The van der Waals surface area contributed by atoms with Crippen LogP contribution in [0.15, 0.2) is 48.5 Å². The molecule has 0 spiro atoms. The van der Waals surface area contributed by atoms with Crippen molar-refractivity contribution in [2.45, 2.75) is 20.8 Å². The SMILES string of the molecule is CC(C)(C)C(=O)n1nnc2cc(C(=O)Oc3ccccc3)ccc21.